The number of methoxy groups -OCH3 is 1. The number of para-hydroxylation sites is 1. The van der Waals surface area contributed by atoms with Crippen LogP contribution in [-0.4, -0.2) is 13.9 Å². The number of ether oxygens (including phenoxy) is 2. The van der Waals surface area contributed by atoms with E-state index in [1.54, 1.807) is 24.3 Å². The fourth-order valence-electron chi connectivity index (χ4n) is 1.28. The number of hydrogen-bond donors (Lipinski definition) is 0. The Balaban J connectivity index is 2.51. The second-order valence-electron chi connectivity index (χ2n) is 2.98. The average Bonchev–Trinajstić information content (AvgIpc) is 2.29. The molecule has 0 N–H and O–H groups in total. The molecule has 0 fully saturated rings. The van der Waals surface area contributed by atoms with Gasteiger partial charge in [0.05, 0.1) is 5.39 Å². The number of rotatable bonds is 3. The van der Waals surface area contributed by atoms with E-state index >= 15 is 0 Å². The number of hydrogen-bond acceptors (Lipinski definition) is 4. The zero-order valence-electron chi connectivity index (χ0n) is 8.23. The van der Waals surface area contributed by atoms with Crippen molar-refractivity contribution >= 4 is 11.0 Å². The third-order valence-electron chi connectivity index (χ3n) is 1.98. The summed E-state index contributed by atoms with van der Waals surface area (Å²) in [5, 5.41) is 0.506. The van der Waals surface area contributed by atoms with Gasteiger partial charge in [0, 0.05) is 7.11 Å². The van der Waals surface area contributed by atoms with E-state index in [0.29, 0.717) is 11.0 Å². The summed E-state index contributed by atoms with van der Waals surface area (Å²) in [7, 11) is 1.49. The molecule has 2 rings (SSSR count). The second-order valence-corrected chi connectivity index (χ2v) is 2.98. The predicted molar refractivity (Wildman–Crippen MR) is 55.0 cm³/mol. The first-order valence-electron chi connectivity index (χ1n) is 4.45. The van der Waals surface area contributed by atoms with Crippen molar-refractivity contribution in [2.75, 3.05) is 13.9 Å². The van der Waals surface area contributed by atoms with Crippen LogP contribution in [0.3, 0.4) is 0 Å². The van der Waals surface area contributed by atoms with Gasteiger partial charge in [0.1, 0.15) is 11.8 Å². The van der Waals surface area contributed by atoms with E-state index in [4.69, 9.17) is 13.9 Å². The first-order valence-corrected chi connectivity index (χ1v) is 4.45. The molecule has 0 spiro atoms. The molecule has 0 amide bonds. The van der Waals surface area contributed by atoms with Gasteiger partial charge in [0.25, 0.3) is 0 Å². The lowest BCUT2D eigenvalue weighted by Crippen LogP contribution is -2.09. The molecule has 2 aromatic rings. The summed E-state index contributed by atoms with van der Waals surface area (Å²) in [6.45, 7) is 0.0309. The highest BCUT2D eigenvalue weighted by molar-refractivity contribution is 5.77. The van der Waals surface area contributed by atoms with Gasteiger partial charge >= 0.3 is 0 Å². The molecule has 78 valence electrons. The molecule has 0 unspecified atom stereocenters. The molecular weight excluding hydrogens is 196 g/mol. The molecule has 4 heteroatoms. The fraction of sp³-hybridized carbons (Fsp3) is 0.182. The highest BCUT2D eigenvalue weighted by Crippen LogP contribution is 2.14. The fourth-order valence-corrected chi connectivity index (χ4v) is 1.28. The lowest BCUT2D eigenvalue weighted by atomic mass is 10.2. The van der Waals surface area contributed by atoms with Crippen LogP contribution < -0.4 is 10.2 Å². The van der Waals surface area contributed by atoms with E-state index in [9.17, 15) is 4.79 Å². The van der Waals surface area contributed by atoms with Crippen molar-refractivity contribution in [2.45, 2.75) is 0 Å². The van der Waals surface area contributed by atoms with Gasteiger partial charge in [-0.3, -0.25) is 4.79 Å². The van der Waals surface area contributed by atoms with Gasteiger partial charge in [0.2, 0.25) is 11.2 Å². The molecule has 1 heterocycles. The Morgan fingerprint density at radius 1 is 1.33 bits per heavy atom. The van der Waals surface area contributed by atoms with Crippen LogP contribution in [0.5, 0.6) is 5.75 Å². The predicted octanol–water partition coefficient (Wildman–Crippen LogP) is 1.78. The zero-order chi connectivity index (χ0) is 10.7. The van der Waals surface area contributed by atoms with Crippen molar-refractivity contribution in [1.29, 1.82) is 0 Å². The van der Waals surface area contributed by atoms with Crippen molar-refractivity contribution in [1.82, 2.24) is 0 Å². The van der Waals surface area contributed by atoms with Crippen LogP contribution in [0.15, 0.2) is 39.7 Å². The molecule has 0 saturated carbocycles. The van der Waals surface area contributed by atoms with Gasteiger partial charge < -0.3 is 13.9 Å². The quantitative estimate of drug-likeness (QED) is 0.718. The lowest BCUT2D eigenvalue weighted by molar-refractivity contribution is 0.0491. The number of benzene rings is 1. The standard InChI is InChI=1S/C11H10O4/c1-13-7-15-10-6-14-9-5-3-2-4-8(9)11(10)12/h2-6H,7H2,1H3. The van der Waals surface area contributed by atoms with Crippen molar-refractivity contribution in [3.05, 3.63) is 40.8 Å². The molecule has 4 nitrogen and oxygen atoms in total. The van der Waals surface area contributed by atoms with E-state index in [2.05, 4.69) is 0 Å². The Labute approximate surface area is 86.0 Å². The molecular formula is C11H10O4. The maximum Gasteiger partial charge on any atom is 0.234 e. The smallest absolute Gasteiger partial charge is 0.234 e. The summed E-state index contributed by atoms with van der Waals surface area (Å²) in [4.78, 5) is 11.8. The minimum Gasteiger partial charge on any atom is -0.460 e. The van der Waals surface area contributed by atoms with E-state index in [1.165, 1.54) is 13.4 Å². The third kappa shape index (κ3) is 1.85. The molecule has 0 atom stereocenters. The van der Waals surface area contributed by atoms with E-state index in [0.717, 1.165) is 0 Å². The second kappa shape index (κ2) is 4.14. The highest BCUT2D eigenvalue weighted by Gasteiger charge is 2.06. The van der Waals surface area contributed by atoms with Crippen LogP contribution in [0.4, 0.5) is 0 Å². The summed E-state index contributed by atoms with van der Waals surface area (Å²) in [6.07, 6.45) is 1.30. The van der Waals surface area contributed by atoms with Gasteiger partial charge in [-0.1, -0.05) is 12.1 Å². The SMILES string of the molecule is COCOc1coc2ccccc2c1=O. The van der Waals surface area contributed by atoms with Crippen LogP contribution in [0.25, 0.3) is 11.0 Å². The van der Waals surface area contributed by atoms with Crippen LogP contribution >= 0.6 is 0 Å². The van der Waals surface area contributed by atoms with E-state index < -0.39 is 0 Å². The molecule has 1 aromatic carbocycles. The van der Waals surface area contributed by atoms with Gasteiger partial charge in [0.15, 0.2) is 6.79 Å². The van der Waals surface area contributed by atoms with Crippen LogP contribution in [0, 0.1) is 0 Å². The van der Waals surface area contributed by atoms with Crippen molar-refractivity contribution in [3.8, 4) is 5.75 Å². The topological polar surface area (TPSA) is 48.7 Å². The first-order chi connectivity index (χ1) is 7.33. The minimum atomic E-state index is -0.186. The maximum absolute atomic E-state index is 11.8. The van der Waals surface area contributed by atoms with Crippen molar-refractivity contribution in [3.63, 3.8) is 0 Å². The maximum atomic E-state index is 11.8. The Morgan fingerprint density at radius 3 is 2.93 bits per heavy atom. The highest BCUT2D eigenvalue weighted by atomic mass is 16.7. The lowest BCUT2D eigenvalue weighted by Gasteiger charge is -2.03. The van der Waals surface area contributed by atoms with E-state index in [1.807, 2.05) is 0 Å². The Kier molecular flexibility index (Phi) is 2.69. The molecule has 15 heavy (non-hydrogen) atoms. The molecule has 0 radical (unpaired) electrons. The Bertz CT molecular complexity index is 515. The summed E-state index contributed by atoms with van der Waals surface area (Å²) in [5.41, 5.74) is 0.362. The molecule has 0 aliphatic heterocycles. The van der Waals surface area contributed by atoms with Crippen LogP contribution in [0.2, 0.25) is 0 Å². The van der Waals surface area contributed by atoms with Crippen LogP contribution in [0.1, 0.15) is 0 Å². The minimum absolute atomic E-state index is 0.0309. The van der Waals surface area contributed by atoms with Gasteiger partial charge in [-0.2, -0.15) is 0 Å². The monoisotopic (exact) mass is 206 g/mol. The van der Waals surface area contributed by atoms with Crippen LogP contribution in [-0.2, 0) is 4.74 Å². The number of fused-ring (bicyclic) bond motifs is 1. The Morgan fingerprint density at radius 2 is 2.13 bits per heavy atom. The first kappa shape index (κ1) is 9.73. The normalized spacial score (nSPS) is 10.5. The largest absolute Gasteiger partial charge is 0.460 e. The molecule has 1 aromatic heterocycles. The molecule has 0 bridgehead atoms. The van der Waals surface area contributed by atoms with Crippen molar-refractivity contribution < 1.29 is 13.9 Å². The average molecular weight is 206 g/mol. The van der Waals surface area contributed by atoms with Gasteiger partial charge in [-0.25, -0.2) is 0 Å². The molecule has 0 aliphatic rings. The molecule has 0 aliphatic carbocycles. The third-order valence-corrected chi connectivity index (χ3v) is 1.98. The summed E-state index contributed by atoms with van der Waals surface area (Å²) < 4.78 is 15.0. The summed E-state index contributed by atoms with van der Waals surface area (Å²) >= 11 is 0. The van der Waals surface area contributed by atoms with Gasteiger partial charge in [-0.05, 0) is 12.1 Å². The molecule has 0 saturated heterocycles. The summed E-state index contributed by atoms with van der Waals surface area (Å²) in [6, 6.07) is 7.01. The Hall–Kier alpha value is -1.81. The van der Waals surface area contributed by atoms with Crippen molar-refractivity contribution in [2.24, 2.45) is 0 Å². The van der Waals surface area contributed by atoms with Gasteiger partial charge in [-0.15, -0.1) is 0 Å². The zero-order valence-corrected chi connectivity index (χ0v) is 8.23. The van der Waals surface area contributed by atoms with E-state index in [-0.39, 0.29) is 18.0 Å². The summed E-state index contributed by atoms with van der Waals surface area (Å²) in [5.74, 6) is 0.163.